The molecule has 10 heavy (non-hydrogen) atoms. The molecule has 0 aromatic rings. The highest BCUT2D eigenvalue weighted by Gasteiger charge is 2.42. The number of hydrogen-bond acceptors (Lipinski definition) is 4. The predicted octanol–water partition coefficient (Wildman–Crippen LogP) is 0.865. The third-order valence-corrected chi connectivity index (χ3v) is 3.32. The summed E-state index contributed by atoms with van der Waals surface area (Å²) >= 11 is 6.98. The summed E-state index contributed by atoms with van der Waals surface area (Å²) in [6.45, 7) is 3.76. The molecule has 1 atom stereocenters. The Morgan fingerprint density at radius 3 is 2.60 bits per heavy atom. The summed E-state index contributed by atoms with van der Waals surface area (Å²) < 4.78 is 1.40. The summed E-state index contributed by atoms with van der Waals surface area (Å²) in [4.78, 5) is 13.1. The lowest BCUT2D eigenvalue weighted by Crippen LogP contribution is -2.42. The van der Waals surface area contributed by atoms with Crippen molar-refractivity contribution in [3.05, 3.63) is 0 Å². The summed E-state index contributed by atoms with van der Waals surface area (Å²) in [5.41, 5.74) is -0.353. The number of carbonyl (C=O) groups excluding carboxylic acids is 1. The van der Waals surface area contributed by atoms with E-state index in [4.69, 9.17) is 11.8 Å². The third-order valence-electron chi connectivity index (χ3n) is 1.51. The van der Waals surface area contributed by atoms with Crippen LogP contribution in [0.25, 0.3) is 0 Å². The number of rotatable bonds is 1. The van der Waals surface area contributed by atoms with E-state index in [1.807, 2.05) is 20.1 Å². The van der Waals surface area contributed by atoms with Crippen LogP contribution in [-0.2, 0) is 4.79 Å². The lowest BCUT2D eigenvalue weighted by Gasteiger charge is -2.24. The van der Waals surface area contributed by atoms with Gasteiger partial charge in [0, 0.05) is 0 Å². The van der Waals surface area contributed by atoms with Crippen molar-refractivity contribution in [1.29, 1.82) is 0 Å². The van der Waals surface area contributed by atoms with E-state index in [-0.39, 0.29) is 10.8 Å². The minimum Gasteiger partial charge on any atom is -0.289 e. The molecule has 1 unspecified atom stereocenters. The van der Waals surface area contributed by atoms with E-state index in [1.54, 1.807) is 0 Å². The van der Waals surface area contributed by atoms with Gasteiger partial charge in [0.2, 0.25) is 6.29 Å². The second-order valence-corrected chi connectivity index (χ2v) is 3.87. The quantitative estimate of drug-likeness (QED) is 0.478. The van der Waals surface area contributed by atoms with Gasteiger partial charge in [-0.2, -0.15) is 4.83 Å². The van der Waals surface area contributed by atoms with Crippen LogP contribution in [0.2, 0.25) is 0 Å². The number of hydrogen-bond donors (Lipinski definition) is 1. The molecule has 1 radical (unpaired) electrons. The maximum atomic E-state index is 10.3. The van der Waals surface area contributed by atoms with Gasteiger partial charge in [-0.05, 0) is 25.6 Å². The minimum absolute atomic E-state index is 0.218. The largest absolute Gasteiger partial charge is 0.289 e. The highest BCUT2D eigenvalue weighted by atomic mass is 35.5. The molecule has 0 amide bonds. The van der Waals surface area contributed by atoms with Crippen LogP contribution in [0, 0.1) is 0 Å². The fourth-order valence-electron chi connectivity index (χ4n) is 0.632. The molecule has 1 fully saturated rings. The van der Waals surface area contributed by atoms with Crippen molar-refractivity contribution >= 4 is 30.0 Å². The summed E-state index contributed by atoms with van der Waals surface area (Å²) in [6.07, 6.45) is 1.91. The van der Waals surface area contributed by atoms with Crippen LogP contribution in [0.4, 0.5) is 0 Å². The predicted molar refractivity (Wildman–Crippen MR) is 42.0 cm³/mol. The molecule has 1 rings (SSSR count). The van der Waals surface area contributed by atoms with Gasteiger partial charge in [0.15, 0.2) is 0 Å². The lowest BCUT2D eigenvalue weighted by atomic mass is 10.0. The fourth-order valence-corrected chi connectivity index (χ4v) is 1.78. The minimum atomic E-state index is -0.353. The van der Waals surface area contributed by atoms with Gasteiger partial charge in [-0.1, -0.05) is 11.9 Å². The normalized spacial score (nSPS) is 32.5. The van der Waals surface area contributed by atoms with Gasteiger partial charge < -0.3 is 0 Å². The monoisotopic (exact) mass is 179 g/mol. The molecular weight excluding hydrogens is 172 g/mol. The van der Waals surface area contributed by atoms with Crippen LogP contribution in [0.5, 0.6) is 0 Å². The van der Waals surface area contributed by atoms with Gasteiger partial charge in [-0.15, -0.1) is 4.53 Å². The average molecular weight is 180 g/mol. The lowest BCUT2D eigenvalue weighted by molar-refractivity contribution is 0.255. The van der Waals surface area contributed by atoms with Crippen molar-refractivity contribution in [3.63, 3.8) is 0 Å². The molecule has 5 heteroatoms. The van der Waals surface area contributed by atoms with Crippen molar-refractivity contribution in [2.45, 2.75) is 24.6 Å². The van der Waals surface area contributed by atoms with Crippen LogP contribution in [0.3, 0.4) is 0 Å². The molecule has 57 valence electrons. The molecule has 0 aromatic carbocycles. The van der Waals surface area contributed by atoms with Crippen molar-refractivity contribution in [3.8, 4) is 0 Å². The number of halogens is 1. The zero-order valence-corrected chi connectivity index (χ0v) is 7.29. The Labute approximate surface area is 69.3 Å². The standard InChI is InChI=1S/C5H8ClN2OS/c1-5(2)4(3-9)10-7-8(5)6/h4,7H,1-2H3. The summed E-state index contributed by atoms with van der Waals surface area (Å²) in [7, 11) is 0. The van der Waals surface area contributed by atoms with Crippen molar-refractivity contribution in [2.75, 3.05) is 0 Å². The highest BCUT2D eigenvalue weighted by Crippen LogP contribution is 2.33. The fraction of sp³-hybridized carbons (Fsp3) is 0.800. The summed E-state index contributed by atoms with van der Waals surface area (Å²) in [5.74, 6) is 0. The molecule has 1 N–H and O–H groups in total. The molecule has 1 aliphatic heterocycles. The Kier molecular flexibility index (Phi) is 2.24. The maximum Gasteiger partial charge on any atom is 0.215 e. The number of nitrogens with one attached hydrogen (secondary N) is 1. The average Bonchev–Trinajstić information content (AvgIpc) is 2.10. The maximum absolute atomic E-state index is 10.3. The molecule has 0 aliphatic carbocycles. The smallest absolute Gasteiger partial charge is 0.215 e. The molecular formula is C5H8ClN2OS. The summed E-state index contributed by atoms with van der Waals surface area (Å²) in [6, 6.07) is 0. The van der Waals surface area contributed by atoms with E-state index < -0.39 is 0 Å². The number of hydrazine groups is 1. The van der Waals surface area contributed by atoms with E-state index in [2.05, 4.69) is 4.83 Å². The van der Waals surface area contributed by atoms with Crippen molar-refractivity contribution < 1.29 is 4.79 Å². The molecule has 1 aliphatic rings. The molecule has 3 nitrogen and oxygen atoms in total. The topological polar surface area (TPSA) is 32.3 Å². The Balaban J connectivity index is 2.73. The highest BCUT2D eigenvalue weighted by molar-refractivity contribution is 7.98. The van der Waals surface area contributed by atoms with E-state index in [1.165, 1.54) is 16.5 Å². The van der Waals surface area contributed by atoms with Gasteiger partial charge in [0.1, 0.15) is 5.25 Å². The van der Waals surface area contributed by atoms with E-state index in [0.29, 0.717) is 0 Å². The molecule has 0 saturated carbocycles. The first-order valence-electron chi connectivity index (χ1n) is 2.84. The van der Waals surface area contributed by atoms with Crippen LogP contribution < -0.4 is 4.83 Å². The second kappa shape index (κ2) is 2.70. The SMILES string of the molecule is CC1(C)C([C]=O)SNN1Cl. The van der Waals surface area contributed by atoms with Crippen LogP contribution in [0.1, 0.15) is 13.8 Å². The molecule has 1 saturated heterocycles. The van der Waals surface area contributed by atoms with E-state index >= 15 is 0 Å². The third kappa shape index (κ3) is 1.16. The molecule has 0 bridgehead atoms. The van der Waals surface area contributed by atoms with Crippen molar-refractivity contribution in [2.24, 2.45) is 0 Å². The molecule has 1 heterocycles. The summed E-state index contributed by atoms with van der Waals surface area (Å²) in [5, 5.41) is -0.218. The molecule has 0 spiro atoms. The van der Waals surface area contributed by atoms with Crippen molar-refractivity contribution in [1.82, 2.24) is 9.36 Å². The zero-order valence-electron chi connectivity index (χ0n) is 5.72. The first-order chi connectivity index (χ1) is 4.59. The van der Waals surface area contributed by atoms with Crippen LogP contribution in [0.15, 0.2) is 0 Å². The van der Waals surface area contributed by atoms with Gasteiger partial charge in [0.05, 0.1) is 5.54 Å². The Bertz CT molecular complexity index is 153. The van der Waals surface area contributed by atoms with Gasteiger partial charge in [-0.25, -0.2) is 0 Å². The number of nitrogens with zero attached hydrogens (tertiary/aromatic N) is 1. The first kappa shape index (κ1) is 8.33. The van der Waals surface area contributed by atoms with Gasteiger partial charge in [-0.3, -0.25) is 4.79 Å². The van der Waals surface area contributed by atoms with Gasteiger partial charge in [0.25, 0.3) is 0 Å². The second-order valence-electron chi connectivity index (χ2n) is 2.64. The van der Waals surface area contributed by atoms with E-state index in [9.17, 15) is 4.79 Å². The van der Waals surface area contributed by atoms with Gasteiger partial charge >= 0.3 is 0 Å². The zero-order chi connectivity index (χ0) is 7.78. The van der Waals surface area contributed by atoms with Crippen LogP contribution in [-0.4, -0.2) is 21.6 Å². The Morgan fingerprint density at radius 1 is 1.80 bits per heavy atom. The van der Waals surface area contributed by atoms with Crippen LogP contribution >= 0.6 is 23.7 Å². The molecule has 0 aromatic heterocycles. The Hall–Kier alpha value is 0.230. The Morgan fingerprint density at radius 2 is 2.40 bits per heavy atom. The van der Waals surface area contributed by atoms with E-state index in [0.717, 1.165) is 0 Å². The first-order valence-corrected chi connectivity index (χ1v) is 4.06.